The number of ether oxygens (including phenoxy) is 1. The molecule has 0 saturated heterocycles. The molecule has 0 aliphatic carbocycles. The lowest BCUT2D eigenvalue weighted by Crippen LogP contribution is -2.24. The van der Waals surface area contributed by atoms with Gasteiger partial charge in [0.25, 0.3) is 0 Å². The molecule has 1 atom stereocenters. The Morgan fingerprint density at radius 2 is 2.11 bits per heavy atom. The molecule has 0 spiro atoms. The summed E-state index contributed by atoms with van der Waals surface area (Å²) in [6.45, 7) is 2.79. The molecule has 0 aliphatic rings. The minimum absolute atomic E-state index is 0.177. The topological polar surface area (TPSA) is 59.9 Å². The van der Waals surface area contributed by atoms with E-state index in [0.29, 0.717) is 16.6 Å². The molecular formula is C13H15ClN4O. The van der Waals surface area contributed by atoms with E-state index in [0.717, 1.165) is 12.1 Å². The first-order valence-corrected chi connectivity index (χ1v) is 6.33. The summed E-state index contributed by atoms with van der Waals surface area (Å²) in [4.78, 5) is 12.5. The molecule has 0 fully saturated rings. The van der Waals surface area contributed by atoms with Gasteiger partial charge < -0.3 is 10.1 Å². The summed E-state index contributed by atoms with van der Waals surface area (Å²) in [5.41, 5.74) is 1.61. The van der Waals surface area contributed by atoms with Gasteiger partial charge in [0.1, 0.15) is 5.69 Å². The van der Waals surface area contributed by atoms with Crippen molar-refractivity contribution in [2.75, 3.05) is 13.7 Å². The summed E-state index contributed by atoms with van der Waals surface area (Å²) >= 11 is 6.21. The fourth-order valence-electron chi connectivity index (χ4n) is 1.87. The van der Waals surface area contributed by atoms with E-state index in [4.69, 9.17) is 16.3 Å². The second kappa shape index (κ2) is 6.45. The molecule has 1 N–H and O–H groups in total. The minimum Gasteiger partial charge on any atom is -0.480 e. The van der Waals surface area contributed by atoms with Gasteiger partial charge in [0.15, 0.2) is 0 Å². The van der Waals surface area contributed by atoms with Crippen molar-refractivity contribution in [3.8, 4) is 5.88 Å². The third kappa shape index (κ3) is 3.00. The van der Waals surface area contributed by atoms with E-state index in [9.17, 15) is 0 Å². The maximum absolute atomic E-state index is 6.21. The highest BCUT2D eigenvalue weighted by atomic mass is 35.5. The van der Waals surface area contributed by atoms with Crippen molar-refractivity contribution < 1.29 is 4.74 Å². The van der Waals surface area contributed by atoms with Crippen molar-refractivity contribution >= 4 is 11.6 Å². The van der Waals surface area contributed by atoms with Crippen molar-refractivity contribution in [1.82, 2.24) is 20.3 Å². The zero-order chi connectivity index (χ0) is 13.7. The molecule has 2 aromatic rings. The Hall–Kier alpha value is -1.72. The molecule has 0 aliphatic heterocycles. The number of nitrogens with one attached hydrogen (secondary N) is 1. The van der Waals surface area contributed by atoms with E-state index in [1.165, 1.54) is 0 Å². The number of methoxy groups -OCH3 is 1. The van der Waals surface area contributed by atoms with E-state index in [-0.39, 0.29) is 6.04 Å². The predicted octanol–water partition coefficient (Wildman–Crippen LogP) is 2.23. The van der Waals surface area contributed by atoms with Gasteiger partial charge in [0.2, 0.25) is 5.88 Å². The summed E-state index contributed by atoms with van der Waals surface area (Å²) in [5.74, 6) is 0.487. The Morgan fingerprint density at radius 1 is 1.32 bits per heavy atom. The lowest BCUT2D eigenvalue weighted by molar-refractivity contribution is 0.383. The monoisotopic (exact) mass is 278 g/mol. The molecule has 0 amide bonds. The Labute approximate surface area is 117 Å². The molecule has 1 unspecified atom stereocenters. The van der Waals surface area contributed by atoms with Gasteiger partial charge in [-0.15, -0.1) is 0 Å². The van der Waals surface area contributed by atoms with Gasteiger partial charge in [-0.05, 0) is 18.2 Å². The standard InChI is InChI=1S/C13H15ClN4O/c1-3-16-11(9-4-5-15-8-10(9)14)12-13(19-2)18-7-6-17-12/h4-8,11,16H,3H2,1-2H3. The first-order valence-electron chi connectivity index (χ1n) is 5.95. The van der Waals surface area contributed by atoms with Crippen LogP contribution in [-0.2, 0) is 0 Å². The lowest BCUT2D eigenvalue weighted by Gasteiger charge is -2.20. The van der Waals surface area contributed by atoms with Gasteiger partial charge in [-0.25, -0.2) is 4.98 Å². The van der Waals surface area contributed by atoms with Crippen LogP contribution in [0.3, 0.4) is 0 Å². The molecule has 2 heterocycles. The summed E-state index contributed by atoms with van der Waals surface area (Å²) in [7, 11) is 1.57. The summed E-state index contributed by atoms with van der Waals surface area (Å²) in [5, 5.41) is 3.92. The zero-order valence-corrected chi connectivity index (χ0v) is 11.6. The molecule has 0 radical (unpaired) electrons. The van der Waals surface area contributed by atoms with E-state index in [2.05, 4.69) is 20.3 Å². The van der Waals surface area contributed by atoms with Crippen LogP contribution >= 0.6 is 11.6 Å². The Bertz CT molecular complexity index is 550. The van der Waals surface area contributed by atoms with Crippen LogP contribution in [0.15, 0.2) is 30.9 Å². The molecule has 100 valence electrons. The van der Waals surface area contributed by atoms with Crippen LogP contribution in [0.2, 0.25) is 5.02 Å². The van der Waals surface area contributed by atoms with Crippen LogP contribution in [0.25, 0.3) is 0 Å². The van der Waals surface area contributed by atoms with E-state index < -0.39 is 0 Å². The normalized spacial score (nSPS) is 12.2. The molecule has 5 nitrogen and oxygen atoms in total. The van der Waals surface area contributed by atoms with Gasteiger partial charge in [-0.1, -0.05) is 18.5 Å². The highest BCUT2D eigenvalue weighted by Crippen LogP contribution is 2.30. The van der Waals surface area contributed by atoms with E-state index in [1.54, 1.807) is 31.9 Å². The molecule has 0 aromatic carbocycles. The maximum Gasteiger partial charge on any atom is 0.237 e. The van der Waals surface area contributed by atoms with Crippen molar-refractivity contribution in [2.45, 2.75) is 13.0 Å². The average molecular weight is 279 g/mol. The number of rotatable bonds is 5. The minimum atomic E-state index is -0.177. The Morgan fingerprint density at radius 3 is 2.79 bits per heavy atom. The first kappa shape index (κ1) is 13.7. The van der Waals surface area contributed by atoms with Crippen LogP contribution < -0.4 is 10.1 Å². The number of aromatic nitrogens is 3. The number of hydrogen-bond acceptors (Lipinski definition) is 5. The van der Waals surface area contributed by atoms with Crippen LogP contribution in [-0.4, -0.2) is 28.6 Å². The van der Waals surface area contributed by atoms with Gasteiger partial charge in [0.05, 0.1) is 18.2 Å². The van der Waals surface area contributed by atoms with Gasteiger partial charge in [-0.2, -0.15) is 0 Å². The van der Waals surface area contributed by atoms with E-state index >= 15 is 0 Å². The fourth-order valence-corrected chi connectivity index (χ4v) is 2.10. The van der Waals surface area contributed by atoms with Crippen molar-refractivity contribution in [1.29, 1.82) is 0 Å². The predicted molar refractivity (Wildman–Crippen MR) is 73.4 cm³/mol. The summed E-state index contributed by atoms with van der Waals surface area (Å²) < 4.78 is 5.26. The molecule has 2 aromatic heterocycles. The third-order valence-corrected chi connectivity index (χ3v) is 3.00. The van der Waals surface area contributed by atoms with Crippen molar-refractivity contribution in [3.05, 3.63) is 47.1 Å². The number of nitrogens with zero attached hydrogens (tertiary/aromatic N) is 3. The van der Waals surface area contributed by atoms with E-state index in [1.807, 2.05) is 13.0 Å². The fraction of sp³-hybridized carbons (Fsp3) is 0.308. The molecule has 19 heavy (non-hydrogen) atoms. The summed E-state index contributed by atoms with van der Waals surface area (Å²) in [6, 6.07) is 1.69. The average Bonchev–Trinajstić information content (AvgIpc) is 2.46. The maximum atomic E-state index is 6.21. The smallest absolute Gasteiger partial charge is 0.237 e. The Kier molecular flexibility index (Phi) is 4.65. The van der Waals surface area contributed by atoms with Gasteiger partial charge in [-0.3, -0.25) is 9.97 Å². The number of pyridine rings is 1. The quantitative estimate of drug-likeness (QED) is 0.909. The zero-order valence-electron chi connectivity index (χ0n) is 10.8. The van der Waals surface area contributed by atoms with Crippen LogP contribution in [0, 0.1) is 0 Å². The second-order valence-corrected chi connectivity index (χ2v) is 4.25. The van der Waals surface area contributed by atoms with Gasteiger partial charge in [0, 0.05) is 24.8 Å². The van der Waals surface area contributed by atoms with Gasteiger partial charge >= 0.3 is 0 Å². The van der Waals surface area contributed by atoms with Crippen LogP contribution in [0.5, 0.6) is 5.88 Å². The molecule has 0 bridgehead atoms. The highest BCUT2D eigenvalue weighted by Gasteiger charge is 2.21. The number of hydrogen-bond donors (Lipinski definition) is 1. The molecule has 6 heteroatoms. The number of halogens is 1. The molecule has 0 saturated carbocycles. The molecular weight excluding hydrogens is 264 g/mol. The lowest BCUT2D eigenvalue weighted by atomic mass is 10.0. The molecule has 2 rings (SSSR count). The SMILES string of the molecule is CCNC(c1ccncc1Cl)c1nccnc1OC. The Balaban J connectivity index is 2.49. The second-order valence-electron chi connectivity index (χ2n) is 3.84. The van der Waals surface area contributed by atoms with Crippen molar-refractivity contribution in [2.24, 2.45) is 0 Å². The first-order chi connectivity index (χ1) is 9.27. The van der Waals surface area contributed by atoms with Crippen LogP contribution in [0.4, 0.5) is 0 Å². The third-order valence-electron chi connectivity index (χ3n) is 2.68. The largest absolute Gasteiger partial charge is 0.480 e. The van der Waals surface area contributed by atoms with Crippen LogP contribution in [0.1, 0.15) is 24.2 Å². The highest BCUT2D eigenvalue weighted by molar-refractivity contribution is 6.31. The van der Waals surface area contributed by atoms with Crippen molar-refractivity contribution in [3.63, 3.8) is 0 Å². The summed E-state index contributed by atoms with van der Waals surface area (Å²) in [6.07, 6.45) is 6.55.